The van der Waals surface area contributed by atoms with Gasteiger partial charge in [-0.25, -0.2) is 0 Å². The summed E-state index contributed by atoms with van der Waals surface area (Å²) in [6.45, 7) is 1.68. The van der Waals surface area contributed by atoms with Gasteiger partial charge in [-0.1, -0.05) is 0 Å². The van der Waals surface area contributed by atoms with Crippen LogP contribution in [0.4, 0.5) is 13.2 Å². The van der Waals surface area contributed by atoms with Gasteiger partial charge in [0.15, 0.2) is 0 Å². The van der Waals surface area contributed by atoms with Gasteiger partial charge >= 0.3 is 6.18 Å². The summed E-state index contributed by atoms with van der Waals surface area (Å²) in [5, 5.41) is 2.86. The van der Waals surface area contributed by atoms with E-state index >= 15 is 0 Å². The van der Waals surface area contributed by atoms with Gasteiger partial charge in [-0.2, -0.15) is 13.2 Å². The van der Waals surface area contributed by atoms with E-state index in [1.54, 1.807) is 7.05 Å². The van der Waals surface area contributed by atoms with Crippen molar-refractivity contribution in [3.05, 3.63) is 0 Å². The number of hydrogen-bond acceptors (Lipinski definition) is 2. The molecule has 5 heteroatoms. The predicted octanol–water partition coefficient (Wildman–Crippen LogP) is 1.23. The predicted molar refractivity (Wildman–Crippen MR) is 44.6 cm³/mol. The van der Waals surface area contributed by atoms with Crippen LogP contribution in [0.25, 0.3) is 0 Å². The molecule has 0 aromatic heterocycles. The number of rotatable bonds is 3. The van der Waals surface area contributed by atoms with Gasteiger partial charge in [-0.05, 0) is 26.4 Å². The van der Waals surface area contributed by atoms with Crippen molar-refractivity contribution in [1.82, 2.24) is 10.2 Å². The van der Waals surface area contributed by atoms with Crippen LogP contribution in [0.1, 0.15) is 12.8 Å². The fourth-order valence-corrected chi connectivity index (χ4v) is 1.72. The second-order valence-corrected chi connectivity index (χ2v) is 3.34. The molecule has 13 heavy (non-hydrogen) atoms. The van der Waals surface area contributed by atoms with Gasteiger partial charge in [0.2, 0.25) is 0 Å². The van der Waals surface area contributed by atoms with Crippen molar-refractivity contribution in [3.63, 3.8) is 0 Å². The molecule has 1 aliphatic rings. The molecule has 1 atom stereocenters. The Morgan fingerprint density at radius 1 is 1.46 bits per heavy atom. The molecule has 0 saturated carbocycles. The fraction of sp³-hybridized carbons (Fsp3) is 1.00. The first-order valence-corrected chi connectivity index (χ1v) is 4.51. The van der Waals surface area contributed by atoms with E-state index in [1.165, 1.54) is 4.90 Å². The summed E-state index contributed by atoms with van der Waals surface area (Å²) in [4.78, 5) is 1.51. The lowest BCUT2D eigenvalue weighted by Gasteiger charge is -2.26. The summed E-state index contributed by atoms with van der Waals surface area (Å²) in [6, 6.07) is -1.21. The molecular weight excluding hydrogens is 181 g/mol. The molecular formula is C8H15F3N2. The van der Waals surface area contributed by atoms with Crippen LogP contribution >= 0.6 is 0 Å². The van der Waals surface area contributed by atoms with Crippen LogP contribution in [0.3, 0.4) is 0 Å². The van der Waals surface area contributed by atoms with Gasteiger partial charge in [0.05, 0.1) is 0 Å². The van der Waals surface area contributed by atoms with E-state index < -0.39 is 12.2 Å². The smallest absolute Gasteiger partial charge is 0.318 e. The summed E-state index contributed by atoms with van der Waals surface area (Å²) < 4.78 is 37.1. The van der Waals surface area contributed by atoms with Gasteiger partial charge in [0.1, 0.15) is 6.04 Å². The van der Waals surface area contributed by atoms with Gasteiger partial charge in [0.25, 0.3) is 0 Å². The zero-order valence-corrected chi connectivity index (χ0v) is 7.69. The molecule has 0 spiro atoms. The molecule has 2 nitrogen and oxygen atoms in total. The minimum atomic E-state index is -4.05. The van der Waals surface area contributed by atoms with Crippen molar-refractivity contribution < 1.29 is 13.2 Å². The van der Waals surface area contributed by atoms with Crippen molar-refractivity contribution in [1.29, 1.82) is 0 Å². The normalized spacial score (nSPS) is 25.4. The fourth-order valence-electron chi connectivity index (χ4n) is 1.72. The molecule has 78 valence electrons. The Morgan fingerprint density at radius 2 is 2.15 bits per heavy atom. The Morgan fingerprint density at radius 3 is 2.69 bits per heavy atom. The van der Waals surface area contributed by atoms with Crippen molar-refractivity contribution in [3.8, 4) is 0 Å². The van der Waals surface area contributed by atoms with E-state index in [0.717, 1.165) is 0 Å². The summed E-state index contributed by atoms with van der Waals surface area (Å²) in [5.74, 6) is 0. The van der Waals surface area contributed by atoms with Crippen molar-refractivity contribution >= 4 is 0 Å². The lowest BCUT2D eigenvalue weighted by molar-refractivity contribution is -0.175. The number of hydrogen-bond donors (Lipinski definition) is 1. The van der Waals surface area contributed by atoms with Crippen molar-refractivity contribution in [2.75, 3.05) is 26.7 Å². The maximum atomic E-state index is 12.4. The van der Waals surface area contributed by atoms with E-state index in [2.05, 4.69) is 5.32 Å². The standard InChI is InChI=1S/C8H15F3N2/c1-12-4-6-13-5-2-3-7(13)8(9,10)11/h7,12H,2-6H2,1H3. The van der Waals surface area contributed by atoms with Crippen LogP contribution in [0.15, 0.2) is 0 Å². The monoisotopic (exact) mass is 196 g/mol. The summed E-state index contributed by atoms with van der Waals surface area (Å²) in [7, 11) is 1.75. The van der Waals surface area contributed by atoms with E-state index in [0.29, 0.717) is 26.1 Å². The summed E-state index contributed by atoms with van der Waals surface area (Å²) >= 11 is 0. The third-order valence-electron chi connectivity index (χ3n) is 2.39. The second-order valence-electron chi connectivity index (χ2n) is 3.34. The highest BCUT2D eigenvalue weighted by Crippen LogP contribution is 2.31. The Bertz CT molecular complexity index is 158. The molecule has 1 rings (SSSR count). The van der Waals surface area contributed by atoms with E-state index in [9.17, 15) is 13.2 Å². The number of nitrogens with zero attached hydrogens (tertiary/aromatic N) is 1. The molecule has 0 aromatic rings. The maximum absolute atomic E-state index is 12.4. The third kappa shape index (κ3) is 2.84. The number of likely N-dealkylation sites (tertiary alicyclic amines) is 1. The molecule has 0 bridgehead atoms. The van der Waals surface area contributed by atoms with Crippen LogP contribution < -0.4 is 5.32 Å². The number of likely N-dealkylation sites (N-methyl/N-ethyl adjacent to an activating group) is 1. The summed E-state index contributed by atoms with van der Waals surface area (Å²) in [5.41, 5.74) is 0. The van der Waals surface area contributed by atoms with E-state index in [1.807, 2.05) is 0 Å². The van der Waals surface area contributed by atoms with Crippen LogP contribution in [0, 0.1) is 0 Å². The Balaban J connectivity index is 2.44. The molecule has 1 fully saturated rings. The average Bonchev–Trinajstić information content (AvgIpc) is 2.47. The zero-order valence-electron chi connectivity index (χ0n) is 7.69. The van der Waals surface area contributed by atoms with Gasteiger partial charge in [0, 0.05) is 13.1 Å². The maximum Gasteiger partial charge on any atom is 0.404 e. The van der Waals surface area contributed by atoms with Gasteiger partial charge in [-0.3, -0.25) is 4.90 Å². The van der Waals surface area contributed by atoms with Gasteiger partial charge < -0.3 is 5.32 Å². The second kappa shape index (κ2) is 4.28. The quantitative estimate of drug-likeness (QED) is 0.730. The van der Waals surface area contributed by atoms with Crippen molar-refractivity contribution in [2.24, 2.45) is 0 Å². The number of nitrogens with one attached hydrogen (secondary N) is 1. The lowest BCUT2D eigenvalue weighted by Crippen LogP contribution is -2.43. The molecule has 1 heterocycles. The molecule has 0 radical (unpaired) electrons. The minimum absolute atomic E-state index is 0.257. The molecule has 1 unspecified atom stereocenters. The topological polar surface area (TPSA) is 15.3 Å². The lowest BCUT2D eigenvalue weighted by atomic mass is 10.2. The molecule has 0 aromatic carbocycles. The Hall–Kier alpha value is -0.290. The SMILES string of the molecule is CNCCN1CCCC1C(F)(F)F. The van der Waals surface area contributed by atoms with Gasteiger partial charge in [-0.15, -0.1) is 0 Å². The van der Waals surface area contributed by atoms with Crippen LogP contribution in [-0.4, -0.2) is 43.8 Å². The first-order valence-electron chi connectivity index (χ1n) is 4.51. The first-order chi connectivity index (χ1) is 6.05. The number of alkyl halides is 3. The number of halogens is 3. The largest absolute Gasteiger partial charge is 0.404 e. The summed E-state index contributed by atoms with van der Waals surface area (Å²) in [6.07, 6.45) is -3.13. The van der Waals surface area contributed by atoms with E-state index in [4.69, 9.17) is 0 Å². The third-order valence-corrected chi connectivity index (χ3v) is 2.39. The molecule has 1 N–H and O–H groups in total. The van der Waals surface area contributed by atoms with Crippen molar-refractivity contribution in [2.45, 2.75) is 25.1 Å². The Labute approximate surface area is 76.1 Å². The highest BCUT2D eigenvalue weighted by molar-refractivity contribution is 4.84. The van der Waals surface area contributed by atoms with Crippen LogP contribution in [0.2, 0.25) is 0 Å². The molecule has 1 aliphatic heterocycles. The minimum Gasteiger partial charge on any atom is -0.318 e. The first kappa shape index (κ1) is 10.8. The zero-order chi connectivity index (χ0) is 9.90. The average molecular weight is 196 g/mol. The highest BCUT2D eigenvalue weighted by Gasteiger charge is 2.45. The molecule has 0 amide bonds. The Kier molecular flexibility index (Phi) is 3.55. The van der Waals surface area contributed by atoms with E-state index in [-0.39, 0.29) is 6.42 Å². The molecule has 1 saturated heterocycles. The van der Waals surface area contributed by atoms with Crippen LogP contribution in [0.5, 0.6) is 0 Å². The molecule has 0 aliphatic carbocycles. The van der Waals surface area contributed by atoms with Crippen LogP contribution in [-0.2, 0) is 0 Å². The highest BCUT2D eigenvalue weighted by atomic mass is 19.4.